The van der Waals surface area contributed by atoms with Gasteiger partial charge in [-0.3, -0.25) is 14.9 Å². The van der Waals surface area contributed by atoms with Crippen molar-refractivity contribution in [2.45, 2.75) is 31.8 Å². The Balaban J connectivity index is 1.58. The molecule has 4 aromatic carbocycles. The van der Waals surface area contributed by atoms with Crippen LogP contribution < -0.4 is 5.32 Å². The number of hydrogen-bond acceptors (Lipinski definition) is 3. The molecule has 0 aliphatic carbocycles. The summed E-state index contributed by atoms with van der Waals surface area (Å²) < 4.78 is 16.4. The zero-order chi connectivity index (χ0) is 27.4. The minimum atomic E-state index is -0.523. The molecule has 5 aromatic rings. The molecule has 0 aliphatic heterocycles. The Bertz CT molecular complexity index is 1620. The summed E-state index contributed by atoms with van der Waals surface area (Å²) in [7, 11) is 0. The van der Waals surface area contributed by atoms with Crippen LogP contribution in [0.4, 0.5) is 10.1 Å². The molecule has 1 amide bonds. The summed E-state index contributed by atoms with van der Waals surface area (Å²) in [6, 6.07) is 30.3. The van der Waals surface area contributed by atoms with E-state index in [4.69, 9.17) is 0 Å². The van der Waals surface area contributed by atoms with E-state index in [2.05, 4.69) is 5.32 Å². The van der Waals surface area contributed by atoms with Gasteiger partial charge in [-0.2, -0.15) is 0 Å². The number of benzene rings is 4. The van der Waals surface area contributed by atoms with Crippen LogP contribution in [0.2, 0.25) is 0 Å². The molecule has 0 saturated heterocycles. The third-order valence-corrected chi connectivity index (χ3v) is 7.00. The lowest BCUT2D eigenvalue weighted by molar-refractivity contribution is -0.384. The lowest BCUT2D eigenvalue weighted by Crippen LogP contribution is -2.28. The number of fused-ring (bicyclic) bond motifs is 1. The van der Waals surface area contributed by atoms with Crippen LogP contribution in [0.5, 0.6) is 0 Å². The van der Waals surface area contributed by atoms with E-state index in [-0.39, 0.29) is 24.1 Å². The number of aromatic nitrogens is 1. The van der Waals surface area contributed by atoms with Gasteiger partial charge in [-0.15, -0.1) is 0 Å². The largest absolute Gasteiger partial charge is 0.350 e. The molecular weight excluding hydrogens is 493 g/mol. The smallest absolute Gasteiger partial charge is 0.270 e. The van der Waals surface area contributed by atoms with Crippen molar-refractivity contribution >= 4 is 22.5 Å². The van der Waals surface area contributed by atoms with Gasteiger partial charge >= 0.3 is 0 Å². The Kier molecular flexibility index (Phi) is 7.50. The molecule has 7 heteroatoms. The number of hydrogen-bond donors (Lipinski definition) is 1. The van der Waals surface area contributed by atoms with Crippen molar-refractivity contribution in [1.82, 2.24) is 9.88 Å². The van der Waals surface area contributed by atoms with E-state index in [1.165, 1.54) is 18.2 Å². The van der Waals surface area contributed by atoms with Crippen molar-refractivity contribution in [2.24, 2.45) is 0 Å². The molecule has 0 aliphatic rings. The molecule has 0 saturated carbocycles. The second-order valence-electron chi connectivity index (χ2n) is 9.67. The average Bonchev–Trinajstić information content (AvgIpc) is 3.29. The maximum absolute atomic E-state index is 14.4. The molecule has 1 aromatic heterocycles. The summed E-state index contributed by atoms with van der Waals surface area (Å²) in [6.07, 6.45) is 1.98. The van der Waals surface area contributed by atoms with E-state index >= 15 is 0 Å². The first-order chi connectivity index (χ1) is 18.9. The summed E-state index contributed by atoms with van der Waals surface area (Å²) in [5.74, 6) is -1.13. The van der Waals surface area contributed by atoms with Crippen LogP contribution in [0.25, 0.3) is 10.9 Å². The van der Waals surface area contributed by atoms with Crippen LogP contribution >= 0.6 is 0 Å². The minimum Gasteiger partial charge on any atom is -0.350 e. The van der Waals surface area contributed by atoms with Gasteiger partial charge in [0.1, 0.15) is 5.82 Å². The van der Waals surface area contributed by atoms with Gasteiger partial charge < -0.3 is 9.88 Å². The fraction of sp³-hybridized carbons (Fsp3) is 0.156. The molecule has 0 unspecified atom stereocenters. The quantitative estimate of drug-likeness (QED) is 0.165. The molecule has 0 spiro atoms. The van der Waals surface area contributed by atoms with Gasteiger partial charge in [0.2, 0.25) is 5.91 Å². The number of non-ortho nitro benzene ring substituents is 1. The monoisotopic (exact) mass is 521 g/mol. The first-order valence-electron chi connectivity index (χ1n) is 12.8. The molecule has 0 fully saturated rings. The molecule has 6 nitrogen and oxygen atoms in total. The molecule has 39 heavy (non-hydrogen) atoms. The number of carbonyl (C=O) groups excluding carboxylic acids is 1. The molecular formula is C32H28FN3O3. The van der Waals surface area contributed by atoms with Gasteiger partial charge in [0.15, 0.2) is 0 Å². The summed E-state index contributed by atoms with van der Waals surface area (Å²) in [5, 5.41) is 15.4. The number of carbonyl (C=O) groups is 1. The van der Waals surface area contributed by atoms with Crippen molar-refractivity contribution in [2.75, 3.05) is 0 Å². The molecule has 1 heterocycles. The van der Waals surface area contributed by atoms with E-state index in [1.807, 2.05) is 78.4 Å². The standard InChI is InChI=1S/C32H28FN3O3/c1-22(24-11-6-3-7-12-24)34-32(37)19-28(25-13-8-14-26(33)17-25)30-21-35(20-23-9-4-2-5-10-23)31-16-15-27(36(38)39)18-29(30)31/h2-18,21-22,28H,19-20H2,1H3,(H,34,37)/t22-,28+/m1/s1. The number of halogens is 1. The Hall–Kier alpha value is -4.78. The van der Waals surface area contributed by atoms with Crippen LogP contribution in [0, 0.1) is 15.9 Å². The van der Waals surface area contributed by atoms with Crippen molar-refractivity contribution in [3.8, 4) is 0 Å². The van der Waals surface area contributed by atoms with Crippen molar-refractivity contribution < 1.29 is 14.1 Å². The predicted octanol–water partition coefficient (Wildman–Crippen LogP) is 7.14. The summed E-state index contributed by atoms with van der Waals surface area (Å²) >= 11 is 0. The second-order valence-corrected chi connectivity index (χ2v) is 9.67. The van der Waals surface area contributed by atoms with Gasteiger partial charge in [-0.05, 0) is 47.4 Å². The lowest BCUT2D eigenvalue weighted by atomic mass is 9.87. The van der Waals surface area contributed by atoms with Gasteiger partial charge in [0.05, 0.1) is 11.0 Å². The maximum Gasteiger partial charge on any atom is 0.270 e. The molecule has 5 rings (SSSR count). The zero-order valence-corrected chi connectivity index (χ0v) is 21.5. The highest BCUT2D eigenvalue weighted by Crippen LogP contribution is 2.37. The van der Waals surface area contributed by atoms with Gasteiger partial charge in [0.25, 0.3) is 5.69 Å². The summed E-state index contributed by atoms with van der Waals surface area (Å²) in [5.41, 5.74) is 4.17. The molecule has 196 valence electrons. The topological polar surface area (TPSA) is 77.2 Å². The van der Waals surface area contributed by atoms with Crippen LogP contribution in [-0.2, 0) is 11.3 Å². The summed E-state index contributed by atoms with van der Waals surface area (Å²) in [6.45, 7) is 2.46. The van der Waals surface area contributed by atoms with E-state index in [0.29, 0.717) is 17.5 Å². The van der Waals surface area contributed by atoms with Crippen LogP contribution in [0.15, 0.2) is 109 Å². The third kappa shape index (κ3) is 5.88. The highest BCUT2D eigenvalue weighted by Gasteiger charge is 2.25. The minimum absolute atomic E-state index is 0.0404. The highest BCUT2D eigenvalue weighted by atomic mass is 19.1. The number of nitrogens with one attached hydrogen (secondary N) is 1. The highest BCUT2D eigenvalue weighted by molar-refractivity contribution is 5.88. The first-order valence-corrected chi connectivity index (χ1v) is 12.8. The first kappa shape index (κ1) is 25.9. The normalized spacial score (nSPS) is 12.7. The Morgan fingerprint density at radius 2 is 1.62 bits per heavy atom. The molecule has 1 N–H and O–H groups in total. The fourth-order valence-electron chi connectivity index (χ4n) is 5.06. The molecule has 0 radical (unpaired) electrons. The number of rotatable bonds is 9. The fourth-order valence-corrected chi connectivity index (χ4v) is 5.06. The summed E-state index contributed by atoms with van der Waals surface area (Å²) in [4.78, 5) is 24.6. The number of amides is 1. The van der Waals surface area contributed by atoms with E-state index in [1.54, 1.807) is 24.3 Å². The van der Waals surface area contributed by atoms with Crippen molar-refractivity contribution in [1.29, 1.82) is 0 Å². The third-order valence-electron chi connectivity index (χ3n) is 7.00. The van der Waals surface area contributed by atoms with Crippen LogP contribution in [0.1, 0.15) is 47.6 Å². The Labute approximate surface area is 225 Å². The Morgan fingerprint density at radius 1 is 0.923 bits per heavy atom. The number of nitrogens with zero attached hydrogens (tertiary/aromatic N) is 2. The van der Waals surface area contributed by atoms with E-state index in [0.717, 1.165) is 22.2 Å². The maximum atomic E-state index is 14.4. The van der Waals surface area contributed by atoms with E-state index < -0.39 is 16.7 Å². The van der Waals surface area contributed by atoms with Crippen molar-refractivity contribution in [3.05, 3.63) is 148 Å². The average molecular weight is 522 g/mol. The van der Waals surface area contributed by atoms with Crippen LogP contribution in [-0.4, -0.2) is 15.4 Å². The van der Waals surface area contributed by atoms with E-state index in [9.17, 15) is 19.3 Å². The van der Waals surface area contributed by atoms with Crippen molar-refractivity contribution in [3.63, 3.8) is 0 Å². The SMILES string of the molecule is C[C@@H](NC(=O)C[C@@H](c1cccc(F)c1)c1cn(Cc2ccccc2)c2ccc([N+](=O)[O-])cc12)c1ccccc1. The van der Waals surface area contributed by atoms with Gasteiger partial charge in [0, 0.05) is 48.1 Å². The molecule has 2 atom stereocenters. The number of nitro groups is 1. The number of nitro benzene ring substituents is 1. The Morgan fingerprint density at radius 3 is 2.31 bits per heavy atom. The van der Waals surface area contributed by atoms with Crippen LogP contribution in [0.3, 0.4) is 0 Å². The second kappa shape index (κ2) is 11.3. The zero-order valence-electron chi connectivity index (χ0n) is 21.5. The van der Waals surface area contributed by atoms with Gasteiger partial charge in [-0.25, -0.2) is 4.39 Å². The van der Waals surface area contributed by atoms with Gasteiger partial charge in [-0.1, -0.05) is 72.8 Å². The predicted molar refractivity (Wildman–Crippen MR) is 150 cm³/mol. The molecule has 0 bridgehead atoms. The lowest BCUT2D eigenvalue weighted by Gasteiger charge is -2.20.